The largest absolute Gasteiger partial charge is 0.385 e. The fraction of sp³-hybridized carbons (Fsp3) is 0.520. The van der Waals surface area contributed by atoms with Gasteiger partial charge >= 0.3 is 5.69 Å². The molecule has 190 valence electrons. The van der Waals surface area contributed by atoms with Crippen LogP contribution >= 0.6 is 0 Å². The Morgan fingerprint density at radius 3 is 2.63 bits per heavy atom. The zero-order valence-electron chi connectivity index (χ0n) is 21.1. The van der Waals surface area contributed by atoms with Crippen LogP contribution in [0.15, 0.2) is 27.8 Å². The molecule has 2 aromatic rings. The average molecular weight is 486 g/mol. The predicted octanol–water partition coefficient (Wildman–Crippen LogP) is 1.81. The van der Waals surface area contributed by atoms with Gasteiger partial charge < -0.3 is 20.3 Å². The highest BCUT2D eigenvalue weighted by Crippen LogP contribution is 2.31. The molecular formula is C25H35N5O5. The van der Waals surface area contributed by atoms with Crippen LogP contribution in [0.4, 0.5) is 17.2 Å². The Morgan fingerprint density at radius 2 is 1.97 bits per heavy atom. The van der Waals surface area contributed by atoms with Gasteiger partial charge in [0.2, 0.25) is 11.8 Å². The zero-order chi connectivity index (χ0) is 25.9. The zero-order valence-corrected chi connectivity index (χ0v) is 21.1. The number of nitrogens with two attached hydrogens (primary N) is 1. The van der Waals surface area contributed by atoms with Crippen molar-refractivity contribution >= 4 is 29.0 Å². The first kappa shape index (κ1) is 26.2. The number of nitrogens with zero attached hydrogens (tertiary/aromatic N) is 3. The van der Waals surface area contributed by atoms with Crippen LogP contribution in [0.25, 0.3) is 0 Å². The van der Waals surface area contributed by atoms with Gasteiger partial charge in [0, 0.05) is 45.5 Å². The van der Waals surface area contributed by atoms with Gasteiger partial charge in [-0.25, -0.2) is 4.79 Å². The van der Waals surface area contributed by atoms with E-state index in [2.05, 4.69) is 4.98 Å². The summed E-state index contributed by atoms with van der Waals surface area (Å²) in [5.41, 5.74) is 7.69. The minimum absolute atomic E-state index is 0.0242. The molecule has 10 nitrogen and oxygen atoms in total. The summed E-state index contributed by atoms with van der Waals surface area (Å²) in [5.74, 6) is -1.16. The third kappa shape index (κ3) is 5.48. The summed E-state index contributed by atoms with van der Waals surface area (Å²) in [6.07, 6.45) is 0.474. The first-order chi connectivity index (χ1) is 16.6. The Kier molecular flexibility index (Phi) is 8.16. The van der Waals surface area contributed by atoms with Crippen molar-refractivity contribution in [3.05, 3.63) is 50.2 Å². The topological polar surface area (TPSA) is 131 Å². The molecule has 35 heavy (non-hydrogen) atoms. The quantitative estimate of drug-likeness (QED) is 0.521. The van der Waals surface area contributed by atoms with Crippen molar-refractivity contribution in [1.29, 1.82) is 0 Å². The van der Waals surface area contributed by atoms with Crippen molar-refractivity contribution in [3.63, 3.8) is 0 Å². The number of aryl methyl sites for hydroxylation is 1. The number of methoxy groups -OCH3 is 1. The summed E-state index contributed by atoms with van der Waals surface area (Å²) in [6.45, 7) is 8.78. The van der Waals surface area contributed by atoms with Gasteiger partial charge in [-0.3, -0.25) is 23.9 Å². The standard InChI is InChI=1S/C25H35N5O5/c1-15(2)13-30-22(26)21(23(32)27-25(30)34)28(10-7-11-35-5)24(33)18-12-20(31)29(14-18)19-9-6-8-16(3)17(19)4/h6,8-9,15,18H,7,10-14,26H2,1-5H3,(H,27,32,34)/t18-/m0/s1. The third-order valence-electron chi connectivity index (χ3n) is 6.37. The summed E-state index contributed by atoms with van der Waals surface area (Å²) in [6, 6.07) is 5.73. The molecular weight excluding hydrogens is 450 g/mol. The maximum absolute atomic E-state index is 13.7. The number of amides is 2. The molecule has 0 bridgehead atoms. The number of aromatic nitrogens is 2. The monoisotopic (exact) mass is 485 g/mol. The van der Waals surface area contributed by atoms with Crippen LogP contribution in [-0.4, -0.2) is 48.2 Å². The molecule has 3 N–H and O–H groups in total. The SMILES string of the molecule is COCCCN(C(=O)[C@H]1CC(=O)N(c2cccc(C)c2C)C1)c1c(N)n(CC(C)C)c(=O)[nH]c1=O. The van der Waals surface area contributed by atoms with Crippen LogP contribution in [0.5, 0.6) is 0 Å². The van der Waals surface area contributed by atoms with Gasteiger partial charge in [0.25, 0.3) is 5.56 Å². The molecule has 0 unspecified atom stereocenters. The summed E-state index contributed by atoms with van der Waals surface area (Å²) >= 11 is 0. The lowest BCUT2D eigenvalue weighted by molar-refractivity contribution is -0.124. The number of benzene rings is 1. The highest BCUT2D eigenvalue weighted by atomic mass is 16.5. The number of rotatable bonds is 9. The van der Waals surface area contributed by atoms with Crippen LogP contribution < -0.4 is 26.8 Å². The summed E-state index contributed by atoms with van der Waals surface area (Å²) in [4.78, 5) is 57.2. The van der Waals surface area contributed by atoms with Crippen molar-refractivity contribution in [3.8, 4) is 0 Å². The minimum Gasteiger partial charge on any atom is -0.385 e. The van der Waals surface area contributed by atoms with Crippen molar-refractivity contribution in [2.24, 2.45) is 11.8 Å². The number of hydrogen-bond donors (Lipinski definition) is 2. The Balaban J connectivity index is 1.99. The molecule has 10 heteroatoms. The van der Waals surface area contributed by atoms with Gasteiger partial charge in [-0.2, -0.15) is 0 Å². The van der Waals surface area contributed by atoms with Gasteiger partial charge in [-0.1, -0.05) is 26.0 Å². The van der Waals surface area contributed by atoms with Gasteiger partial charge in [-0.15, -0.1) is 0 Å². The molecule has 1 aromatic heterocycles. The van der Waals surface area contributed by atoms with Crippen molar-refractivity contribution < 1.29 is 14.3 Å². The maximum Gasteiger partial charge on any atom is 0.330 e. The van der Waals surface area contributed by atoms with E-state index in [1.165, 1.54) is 9.47 Å². The number of nitrogens with one attached hydrogen (secondary N) is 1. The number of aromatic amines is 1. The number of H-pyrrole nitrogens is 1. The molecule has 3 rings (SSSR count). The van der Waals surface area contributed by atoms with Crippen molar-refractivity contribution in [1.82, 2.24) is 9.55 Å². The summed E-state index contributed by atoms with van der Waals surface area (Å²) in [5, 5.41) is 0. The number of hydrogen-bond acceptors (Lipinski definition) is 6. The van der Waals surface area contributed by atoms with Gasteiger partial charge in [0.1, 0.15) is 5.82 Å². The molecule has 0 spiro atoms. The highest BCUT2D eigenvalue weighted by Gasteiger charge is 2.39. The van der Waals surface area contributed by atoms with E-state index in [-0.39, 0.29) is 55.3 Å². The van der Waals surface area contributed by atoms with E-state index in [4.69, 9.17) is 10.5 Å². The van der Waals surface area contributed by atoms with Crippen LogP contribution in [-0.2, 0) is 20.9 Å². The van der Waals surface area contributed by atoms with Crippen LogP contribution in [0.2, 0.25) is 0 Å². The second-order valence-corrected chi connectivity index (χ2v) is 9.46. The Bertz CT molecular complexity index is 1220. The van der Waals surface area contributed by atoms with Crippen molar-refractivity contribution in [2.75, 3.05) is 42.3 Å². The first-order valence-corrected chi connectivity index (χ1v) is 11.9. The molecule has 1 aromatic carbocycles. The van der Waals surface area contributed by atoms with Crippen LogP contribution in [0.3, 0.4) is 0 Å². The average Bonchev–Trinajstić information content (AvgIpc) is 3.18. The maximum atomic E-state index is 13.7. The molecule has 1 aliphatic rings. The Morgan fingerprint density at radius 1 is 1.26 bits per heavy atom. The summed E-state index contributed by atoms with van der Waals surface area (Å²) < 4.78 is 6.41. The normalized spacial score (nSPS) is 15.8. The van der Waals surface area contributed by atoms with Crippen molar-refractivity contribution in [2.45, 2.75) is 47.1 Å². The lowest BCUT2D eigenvalue weighted by Crippen LogP contribution is -2.45. The molecule has 1 atom stereocenters. The number of anilines is 3. The molecule has 0 saturated carbocycles. The second-order valence-electron chi connectivity index (χ2n) is 9.46. The van der Waals surface area contributed by atoms with Crippen LogP contribution in [0, 0.1) is 25.7 Å². The van der Waals surface area contributed by atoms with Gasteiger partial charge in [0.05, 0.1) is 5.92 Å². The molecule has 0 radical (unpaired) electrons. The first-order valence-electron chi connectivity index (χ1n) is 11.9. The lowest BCUT2D eigenvalue weighted by Gasteiger charge is -2.27. The number of ether oxygens (including phenoxy) is 1. The third-order valence-corrected chi connectivity index (χ3v) is 6.37. The molecule has 0 aliphatic carbocycles. The van der Waals surface area contributed by atoms with Gasteiger partial charge in [-0.05, 0) is 43.4 Å². The smallest absolute Gasteiger partial charge is 0.330 e. The number of nitrogen functional groups attached to an aromatic ring is 1. The predicted molar refractivity (Wildman–Crippen MR) is 136 cm³/mol. The van der Waals surface area contributed by atoms with Crippen LogP contribution in [0.1, 0.15) is 37.8 Å². The molecule has 1 saturated heterocycles. The molecule has 2 amide bonds. The fourth-order valence-electron chi connectivity index (χ4n) is 4.44. The Hall–Kier alpha value is -3.40. The van der Waals surface area contributed by atoms with E-state index in [9.17, 15) is 19.2 Å². The Labute approximate surface area is 204 Å². The van der Waals surface area contributed by atoms with E-state index in [0.717, 1.165) is 16.8 Å². The molecule has 1 aliphatic heterocycles. The highest BCUT2D eigenvalue weighted by molar-refractivity contribution is 6.05. The number of carbonyl (C=O) groups excluding carboxylic acids is 2. The van der Waals surface area contributed by atoms with E-state index >= 15 is 0 Å². The van der Waals surface area contributed by atoms with E-state index < -0.39 is 17.2 Å². The number of carbonyl (C=O) groups is 2. The minimum atomic E-state index is -0.728. The van der Waals surface area contributed by atoms with E-state index in [0.29, 0.717) is 13.0 Å². The van der Waals surface area contributed by atoms with Gasteiger partial charge in [0.15, 0.2) is 5.69 Å². The van der Waals surface area contributed by atoms with E-state index in [1.807, 2.05) is 45.9 Å². The molecule has 1 fully saturated rings. The second kappa shape index (κ2) is 10.9. The van der Waals surface area contributed by atoms with E-state index in [1.54, 1.807) is 12.0 Å². The summed E-state index contributed by atoms with van der Waals surface area (Å²) in [7, 11) is 1.55. The lowest BCUT2D eigenvalue weighted by atomic mass is 10.1. The fourth-order valence-corrected chi connectivity index (χ4v) is 4.44. The molecule has 2 heterocycles.